The summed E-state index contributed by atoms with van der Waals surface area (Å²) in [7, 11) is 1.77. The van der Waals surface area contributed by atoms with Crippen molar-refractivity contribution in [3.63, 3.8) is 0 Å². The molecule has 116 valence electrons. The van der Waals surface area contributed by atoms with Gasteiger partial charge in [-0.1, -0.05) is 0 Å². The predicted molar refractivity (Wildman–Crippen MR) is 85.5 cm³/mol. The Morgan fingerprint density at radius 3 is 2.81 bits per heavy atom. The van der Waals surface area contributed by atoms with Crippen LogP contribution in [0.1, 0.15) is 24.5 Å². The van der Waals surface area contributed by atoms with Gasteiger partial charge < -0.3 is 19.7 Å². The van der Waals surface area contributed by atoms with Crippen molar-refractivity contribution in [2.45, 2.75) is 32.3 Å². The highest BCUT2D eigenvalue weighted by molar-refractivity contribution is 5.63. The normalized spacial score (nSPS) is 21.2. The molecule has 1 N–H and O–H groups in total. The molecule has 0 fully saturated rings. The first kappa shape index (κ1) is 14.7. The van der Waals surface area contributed by atoms with Crippen LogP contribution in [0.25, 0.3) is 0 Å². The summed E-state index contributed by atoms with van der Waals surface area (Å²) < 4.78 is 11.3. The number of nitrogens with zero attached hydrogens (tertiary/aromatic N) is 1. The van der Waals surface area contributed by atoms with Gasteiger partial charge in [-0.15, -0.1) is 0 Å². The molecule has 0 aliphatic carbocycles. The van der Waals surface area contributed by atoms with Crippen LogP contribution in [0.2, 0.25) is 0 Å². The number of fused-ring (bicyclic) bond motifs is 2. The first-order valence-corrected chi connectivity index (χ1v) is 8.05. The Bertz CT molecular complexity index is 490. The number of anilines is 1. The molecular formula is C17H26N2O2. The summed E-state index contributed by atoms with van der Waals surface area (Å²) in [4.78, 5) is 2.46. The lowest BCUT2D eigenvalue weighted by molar-refractivity contribution is 0.189. The van der Waals surface area contributed by atoms with Gasteiger partial charge in [0.05, 0.1) is 12.2 Å². The second-order valence-corrected chi connectivity index (χ2v) is 6.06. The molecule has 1 aromatic carbocycles. The van der Waals surface area contributed by atoms with E-state index in [4.69, 9.17) is 9.47 Å². The van der Waals surface area contributed by atoms with Crippen LogP contribution in [-0.4, -0.2) is 46.0 Å². The van der Waals surface area contributed by atoms with E-state index in [1.807, 2.05) is 0 Å². The van der Waals surface area contributed by atoms with Gasteiger partial charge in [-0.3, -0.25) is 0 Å². The van der Waals surface area contributed by atoms with Gasteiger partial charge in [0.1, 0.15) is 11.9 Å². The highest BCUT2D eigenvalue weighted by Crippen LogP contribution is 2.36. The minimum absolute atomic E-state index is 0.252. The molecule has 0 saturated carbocycles. The van der Waals surface area contributed by atoms with Crippen LogP contribution in [0.3, 0.4) is 0 Å². The lowest BCUT2D eigenvalue weighted by Crippen LogP contribution is -2.39. The van der Waals surface area contributed by atoms with E-state index in [1.165, 1.54) is 16.8 Å². The Hall–Kier alpha value is -1.26. The maximum atomic E-state index is 6.08. The molecule has 0 saturated heterocycles. The number of methoxy groups -OCH3 is 1. The molecule has 0 amide bonds. The first-order chi connectivity index (χ1) is 10.3. The quantitative estimate of drug-likeness (QED) is 0.860. The molecule has 1 aromatic rings. The van der Waals surface area contributed by atoms with E-state index in [9.17, 15) is 0 Å². The lowest BCUT2D eigenvalue weighted by Gasteiger charge is -2.36. The van der Waals surface area contributed by atoms with Gasteiger partial charge in [-0.2, -0.15) is 0 Å². The number of ether oxygens (including phenoxy) is 2. The maximum Gasteiger partial charge on any atom is 0.143 e. The second kappa shape index (κ2) is 6.67. The molecule has 2 aliphatic rings. The molecule has 3 rings (SSSR count). The molecule has 0 bridgehead atoms. The molecular weight excluding hydrogens is 264 g/mol. The highest BCUT2D eigenvalue weighted by atomic mass is 16.5. The van der Waals surface area contributed by atoms with Gasteiger partial charge >= 0.3 is 0 Å². The van der Waals surface area contributed by atoms with Crippen molar-refractivity contribution >= 4 is 5.69 Å². The third-order valence-electron chi connectivity index (χ3n) is 4.35. The largest absolute Gasteiger partial charge is 0.487 e. The molecule has 1 atom stereocenters. The topological polar surface area (TPSA) is 33.7 Å². The molecule has 0 spiro atoms. The van der Waals surface area contributed by atoms with E-state index in [0.29, 0.717) is 0 Å². The van der Waals surface area contributed by atoms with Crippen molar-refractivity contribution in [3.05, 3.63) is 23.3 Å². The average Bonchev–Trinajstić information content (AvgIpc) is 2.70. The summed E-state index contributed by atoms with van der Waals surface area (Å²) in [6, 6.07) is 4.63. The van der Waals surface area contributed by atoms with E-state index in [0.717, 1.165) is 57.8 Å². The van der Waals surface area contributed by atoms with E-state index in [-0.39, 0.29) is 6.10 Å². The smallest absolute Gasteiger partial charge is 0.143 e. The van der Waals surface area contributed by atoms with Crippen LogP contribution >= 0.6 is 0 Å². The number of hydrogen-bond donors (Lipinski definition) is 1. The van der Waals surface area contributed by atoms with Crippen molar-refractivity contribution < 1.29 is 9.47 Å². The van der Waals surface area contributed by atoms with Gasteiger partial charge in [-0.25, -0.2) is 0 Å². The van der Waals surface area contributed by atoms with E-state index < -0.39 is 0 Å². The number of rotatable bonds is 4. The van der Waals surface area contributed by atoms with Crippen LogP contribution in [0.4, 0.5) is 5.69 Å². The zero-order valence-electron chi connectivity index (χ0n) is 13.2. The Morgan fingerprint density at radius 1 is 1.29 bits per heavy atom. The van der Waals surface area contributed by atoms with Crippen LogP contribution in [-0.2, 0) is 17.6 Å². The van der Waals surface area contributed by atoms with Crippen LogP contribution < -0.4 is 15.0 Å². The highest BCUT2D eigenvalue weighted by Gasteiger charge is 2.24. The summed E-state index contributed by atoms with van der Waals surface area (Å²) in [6.45, 7) is 7.11. The summed E-state index contributed by atoms with van der Waals surface area (Å²) in [5, 5.41) is 3.48. The molecule has 1 unspecified atom stereocenters. The van der Waals surface area contributed by atoms with Gasteiger partial charge in [0.25, 0.3) is 0 Å². The molecule has 0 aromatic heterocycles. The first-order valence-electron chi connectivity index (χ1n) is 8.05. The van der Waals surface area contributed by atoms with E-state index in [2.05, 4.69) is 29.3 Å². The predicted octanol–water partition coefficient (Wildman–Crippen LogP) is 2.00. The zero-order chi connectivity index (χ0) is 14.7. The standard InChI is InChI=1S/C17H26N2O2/c1-13-12-19(8-3-9-20-2)16-10-14-4-6-18-7-5-15(14)11-17(16)21-13/h10-11,13,18H,3-9,12H2,1-2H3. The summed E-state index contributed by atoms with van der Waals surface area (Å²) in [5.41, 5.74) is 4.20. The van der Waals surface area contributed by atoms with Crippen molar-refractivity contribution in [1.29, 1.82) is 0 Å². The molecule has 4 heteroatoms. The van der Waals surface area contributed by atoms with E-state index >= 15 is 0 Å². The summed E-state index contributed by atoms with van der Waals surface area (Å²) >= 11 is 0. The molecule has 2 aliphatic heterocycles. The van der Waals surface area contributed by atoms with Gasteiger partial charge in [0, 0.05) is 20.3 Å². The fourth-order valence-corrected chi connectivity index (χ4v) is 3.31. The maximum absolute atomic E-state index is 6.08. The van der Waals surface area contributed by atoms with Crippen molar-refractivity contribution in [2.75, 3.05) is 44.8 Å². The Balaban J connectivity index is 1.86. The zero-order valence-corrected chi connectivity index (χ0v) is 13.2. The van der Waals surface area contributed by atoms with Crippen LogP contribution in [0.15, 0.2) is 12.1 Å². The minimum atomic E-state index is 0.252. The summed E-state index contributed by atoms with van der Waals surface area (Å²) in [5.74, 6) is 1.06. The second-order valence-electron chi connectivity index (χ2n) is 6.06. The fraction of sp³-hybridized carbons (Fsp3) is 0.647. The minimum Gasteiger partial charge on any atom is -0.487 e. The molecule has 2 heterocycles. The lowest BCUT2D eigenvalue weighted by atomic mass is 10.00. The van der Waals surface area contributed by atoms with Crippen LogP contribution in [0, 0.1) is 0 Å². The monoisotopic (exact) mass is 290 g/mol. The molecule has 21 heavy (non-hydrogen) atoms. The number of benzene rings is 1. The van der Waals surface area contributed by atoms with Gasteiger partial charge in [-0.05, 0) is 62.5 Å². The summed E-state index contributed by atoms with van der Waals surface area (Å²) in [6.07, 6.45) is 3.53. The number of nitrogens with one attached hydrogen (secondary N) is 1. The fourth-order valence-electron chi connectivity index (χ4n) is 3.31. The Morgan fingerprint density at radius 2 is 2.05 bits per heavy atom. The molecule has 0 radical (unpaired) electrons. The third kappa shape index (κ3) is 3.33. The van der Waals surface area contributed by atoms with Crippen molar-refractivity contribution in [3.8, 4) is 5.75 Å². The van der Waals surface area contributed by atoms with Crippen molar-refractivity contribution in [1.82, 2.24) is 5.32 Å². The van der Waals surface area contributed by atoms with E-state index in [1.54, 1.807) is 7.11 Å². The third-order valence-corrected chi connectivity index (χ3v) is 4.35. The molecule has 4 nitrogen and oxygen atoms in total. The SMILES string of the molecule is COCCCN1CC(C)Oc2cc3c(cc21)CCNCC3. The van der Waals surface area contributed by atoms with Gasteiger partial charge in [0.15, 0.2) is 0 Å². The average molecular weight is 290 g/mol. The van der Waals surface area contributed by atoms with Crippen LogP contribution in [0.5, 0.6) is 5.75 Å². The number of hydrogen-bond acceptors (Lipinski definition) is 4. The Labute approximate surface area is 127 Å². The van der Waals surface area contributed by atoms with Crippen molar-refractivity contribution in [2.24, 2.45) is 0 Å². The Kier molecular flexibility index (Phi) is 4.66. The van der Waals surface area contributed by atoms with Gasteiger partial charge in [0.2, 0.25) is 0 Å².